The molecule has 0 aliphatic carbocycles. The minimum absolute atomic E-state index is 0.203. The van der Waals surface area contributed by atoms with E-state index in [9.17, 15) is 4.79 Å². The maximum atomic E-state index is 12.3. The highest BCUT2D eigenvalue weighted by molar-refractivity contribution is 5.90. The van der Waals surface area contributed by atoms with Crippen LogP contribution in [0.25, 0.3) is 5.69 Å². The molecule has 2 aromatic rings. The largest absolute Gasteiger partial charge is 0.348 e. The summed E-state index contributed by atoms with van der Waals surface area (Å²) in [5, 5.41) is 7.32. The topological polar surface area (TPSA) is 63.1 Å². The fourth-order valence-corrected chi connectivity index (χ4v) is 3.13. The lowest BCUT2D eigenvalue weighted by molar-refractivity contribution is 0.0931. The van der Waals surface area contributed by atoms with Crippen molar-refractivity contribution in [2.75, 3.05) is 19.6 Å². The summed E-state index contributed by atoms with van der Waals surface area (Å²) in [6, 6.07) is 10.2. The Labute approximate surface area is 136 Å². The molecule has 3 rings (SSSR count). The number of hydrogen-bond acceptors (Lipinski definition) is 4. The van der Waals surface area contributed by atoms with E-state index in [0.29, 0.717) is 18.4 Å². The number of aromatic nitrogens is 3. The van der Waals surface area contributed by atoms with Crippen LogP contribution in [0.3, 0.4) is 0 Å². The lowest BCUT2D eigenvalue weighted by Crippen LogP contribution is -2.40. The van der Waals surface area contributed by atoms with Crippen LogP contribution in [0.4, 0.5) is 0 Å². The Hall–Kier alpha value is -2.21. The zero-order valence-electron chi connectivity index (χ0n) is 13.7. The molecule has 1 N–H and O–H groups in total. The molecule has 6 heteroatoms. The van der Waals surface area contributed by atoms with Gasteiger partial charge in [-0.05, 0) is 45.0 Å². The molecule has 23 heavy (non-hydrogen) atoms. The molecule has 1 atom stereocenters. The molecule has 0 bridgehead atoms. The average molecular weight is 313 g/mol. The minimum Gasteiger partial charge on any atom is -0.348 e. The van der Waals surface area contributed by atoms with Gasteiger partial charge in [0, 0.05) is 12.6 Å². The van der Waals surface area contributed by atoms with Crippen LogP contribution in [-0.4, -0.2) is 51.2 Å². The third kappa shape index (κ3) is 3.42. The number of likely N-dealkylation sites (N-methyl/N-ethyl adjacent to an activating group) is 1. The van der Waals surface area contributed by atoms with Crippen LogP contribution in [-0.2, 0) is 0 Å². The molecule has 0 saturated carbocycles. The van der Waals surface area contributed by atoms with Gasteiger partial charge in [-0.1, -0.05) is 25.1 Å². The summed E-state index contributed by atoms with van der Waals surface area (Å²) in [5.74, 6) is 0.732. The van der Waals surface area contributed by atoms with Crippen molar-refractivity contribution in [3.63, 3.8) is 0 Å². The van der Waals surface area contributed by atoms with Crippen LogP contribution in [0.2, 0.25) is 0 Å². The zero-order valence-corrected chi connectivity index (χ0v) is 13.7. The number of likely N-dealkylation sites (tertiary alicyclic amines) is 1. The predicted octanol–water partition coefficient (Wildman–Crippen LogP) is 1.79. The van der Waals surface area contributed by atoms with E-state index < -0.39 is 0 Å². The highest BCUT2D eigenvalue weighted by Crippen LogP contribution is 2.15. The lowest BCUT2D eigenvalue weighted by atomic mass is 10.2. The van der Waals surface area contributed by atoms with Crippen molar-refractivity contribution >= 4 is 5.91 Å². The first kappa shape index (κ1) is 15.7. The van der Waals surface area contributed by atoms with Crippen LogP contribution >= 0.6 is 0 Å². The first-order valence-electron chi connectivity index (χ1n) is 8.20. The van der Waals surface area contributed by atoms with Crippen molar-refractivity contribution in [1.29, 1.82) is 0 Å². The van der Waals surface area contributed by atoms with Crippen LogP contribution in [0.1, 0.15) is 36.2 Å². The van der Waals surface area contributed by atoms with Gasteiger partial charge in [-0.25, -0.2) is 9.67 Å². The summed E-state index contributed by atoms with van der Waals surface area (Å²) in [4.78, 5) is 19.0. The number of aryl methyl sites for hydroxylation is 1. The average Bonchev–Trinajstić information content (AvgIpc) is 3.19. The van der Waals surface area contributed by atoms with E-state index in [4.69, 9.17) is 0 Å². The Balaban J connectivity index is 1.66. The zero-order chi connectivity index (χ0) is 16.2. The van der Waals surface area contributed by atoms with Crippen LogP contribution in [0.15, 0.2) is 30.3 Å². The van der Waals surface area contributed by atoms with Crippen LogP contribution in [0, 0.1) is 6.92 Å². The number of benzene rings is 1. The predicted molar refractivity (Wildman–Crippen MR) is 88.7 cm³/mol. The number of hydrogen-bond donors (Lipinski definition) is 1. The Morgan fingerprint density at radius 1 is 1.35 bits per heavy atom. The Morgan fingerprint density at radius 3 is 2.87 bits per heavy atom. The van der Waals surface area contributed by atoms with Gasteiger partial charge in [-0.15, -0.1) is 5.10 Å². The van der Waals surface area contributed by atoms with Crippen LogP contribution in [0.5, 0.6) is 0 Å². The maximum Gasteiger partial charge on any atom is 0.291 e. The number of carbonyl (C=O) groups excluding carboxylic acids is 1. The molecular weight excluding hydrogens is 290 g/mol. The molecule has 1 amide bonds. The monoisotopic (exact) mass is 313 g/mol. The van der Waals surface area contributed by atoms with E-state index >= 15 is 0 Å². The van der Waals surface area contributed by atoms with Gasteiger partial charge in [0.1, 0.15) is 5.82 Å². The number of nitrogens with zero attached hydrogens (tertiary/aromatic N) is 4. The number of amides is 1. The van der Waals surface area contributed by atoms with Gasteiger partial charge in [0.15, 0.2) is 0 Å². The number of rotatable bonds is 5. The summed E-state index contributed by atoms with van der Waals surface area (Å²) in [6.07, 6.45) is 2.34. The minimum atomic E-state index is -0.203. The SMILES string of the molecule is CCN1CCC[C@@H]1CNC(=O)c1nc(C)n(-c2ccccc2)n1. The molecule has 0 spiro atoms. The number of nitrogens with one attached hydrogen (secondary N) is 1. The Bertz CT molecular complexity index is 667. The van der Waals surface area contributed by atoms with E-state index in [-0.39, 0.29) is 11.7 Å². The normalized spacial score (nSPS) is 18.3. The first-order valence-corrected chi connectivity index (χ1v) is 8.20. The highest BCUT2D eigenvalue weighted by atomic mass is 16.2. The standard InChI is InChI=1S/C17H23N5O/c1-3-21-11-7-10-15(21)12-18-17(23)16-19-13(2)22(20-16)14-8-5-4-6-9-14/h4-6,8-9,15H,3,7,10-12H2,1-2H3,(H,18,23)/t15-/m1/s1. The van der Waals surface area contributed by atoms with Crippen molar-refractivity contribution in [1.82, 2.24) is 25.0 Å². The van der Waals surface area contributed by atoms with Gasteiger partial charge in [-0.2, -0.15) is 0 Å². The third-order valence-corrected chi connectivity index (χ3v) is 4.38. The van der Waals surface area contributed by atoms with Gasteiger partial charge in [0.05, 0.1) is 5.69 Å². The second kappa shape index (κ2) is 6.91. The molecule has 1 aromatic heterocycles. The molecule has 1 aliphatic heterocycles. The summed E-state index contributed by atoms with van der Waals surface area (Å²) < 4.78 is 1.70. The van der Waals surface area contributed by atoms with E-state index in [1.807, 2.05) is 37.3 Å². The van der Waals surface area contributed by atoms with Crippen LogP contribution < -0.4 is 5.32 Å². The van der Waals surface area contributed by atoms with E-state index in [1.165, 1.54) is 6.42 Å². The fourth-order valence-electron chi connectivity index (χ4n) is 3.13. The van der Waals surface area contributed by atoms with E-state index in [1.54, 1.807) is 4.68 Å². The fraction of sp³-hybridized carbons (Fsp3) is 0.471. The van der Waals surface area contributed by atoms with Gasteiger partial charge >= 0.3 is 0 Å². The quantitative estimate of drug-likeness (QED) is 0.914. The second-order valence-corrected chi connectivity index (χ2v) is 5.86. The summed E-state index contributed by atoms with van der Waals surface area (Å²) >= 11 is 0. The molecule has 0 radical (unpaired) electrons. The Morgan fingerprint density at radius 2 is 2.13 bits per heavy atom. The first-order chi connectivity index (χ1) is 11.2. The molecule has 1 saturated heterocycles. The second-order valence-electron chi connectivity index (χ2n) is 5.86. The van der Waals surface area contributed by atoms with Crippen molar-refractivity contribution in [3.8, 4) is 5.69 Å². The summed E-state index contributed by atoms with van der Waals surface area (Å²) in [7, 11) is 0. The molecule has 1 aliphatic rings. The Kier molecular flexibility index (Phi) is 4.71. The molecule has 0 unspecified atom stereocenters. The van der Waals surface area contributed by atoms with E-state index in [2.05, 4.69) is 27.2 Å². The van der Waals surface area contributed by atoms with E-state index in [0.717, 1.165) is 25.2 Å². The summed E-state index contributed by atoms with van der Waals surface area (Å²) in [6.45, 7) is 6.82. The van der Waals surface area contributed by atoms with Gasteiger partial charge in [0.25, 0.3) is 5.91 Å². The van der Waals surface area contributed by atoms with Crippen molar-refractivity contribution in [2.45, 2.75) is 32.7 Å². The van der Waals surface area contributed by atoms with Crippen molar-refractivity contribution in [2.24, 2.45) is 0 Å². The molecule has 2 heterocycles. The smallest absolute Gasteiger partial charge is 0.291 e. The summed E-state index contributed by atoms with van der Waals surface area (Å²) in [5.41, 5.74) is 0.907. The molecular formula is C17H23N5O. The number of para-hydroxylation sites is 1. The van der Waals surface area contributed by atoms with Gasteiger partial charge in [-0.3, -0.25) is 9.69 Å². The van der Waals surface area contributed by atoms with Crippen molar-refractivity contribution in [3.05, 3.63) is 42.0 Å². The molecule has 1 fully saturated rings. The molecule has 1 aromatic carbocycles. The van der Waals surface area contributed by atoms with Gasteiger partial charge in [0.2, 0.25) is 5.82 Å². The number of carbonyl (C=O) groups is 1. The molecule has 122 valence electrons. The highest BCUT2D eigenvalue weighted by Gasteiger charge is 2.24. The molecule has 6 nitrogen and oxygen atoms in total. The third-order valence-electron chi connectivity index (χ3n) is 4.38. The van der Waals surface area contributed by atoms with Crippen molar-refractivity contribution < 1.29 is 4.79 Å². The van der Waals surface area contributed by atoms with Gasteiger partial charge < -0.3 is 5.32 Å². The lowest BCUT2D eigenvalue weighted by Gasteiger charge is -2.22. The maximum absolute atomic E-state index is 12.3.